The largest absolute Gasteiger partial charge is 0.309 e. The molecule has 10 aromatic rings. The molecule has 0 N–H and O–H groups in total. The lowest BCUT2D eigenvalue weighted by atomic mass is 9.88. The maximum atomic E-state index is 16.6. The first-order valence-corrected chi connectivity index (χ1v) is 20.9. The molecule has 1 nitrogen and oxygen atoms in total. The minimum atomic E-state index is -3.47. The Labute approximate surface area is 326 Å². The fraction of sp³-hybridized carbons (Fsp3) is 0. The van der Waals surface area contributed by atoms with Gasteiger partial charge in [0.2, 0.25) is 0 Å². The summed E-state index contributed by atoms with van der Waals surface area (Å²) < 4.78 is 16.6. The number of hydrogen-bond acceptors (Lipinski definition) is 1. The highest BCUT2D eigenvalue weighted by molar-refractivity contribution is 7.85. The normalized spacial score (nSPS) is 12.0. The van der Waals surface area contributed by atoms with E-state index in [-0.39, 0.29) is 0 Å². The quantitative estimate of drug-likeness (QED) is 0.0946. The first-order valence-electron chi connectivity index (χ1n) is 19.2. The van der Waals surface area contributed by atoms with E-state index >= 15 is 4.57 Å². The van der Waals surface area contributed by atoms with Gasteiger partial charge in [0, 0.05) is 15.9 Å². The Kier molecular flexibility index (Phi) is 7.52. The SMILES string of the molecule is O=P(c1ccc(-c2c3ccccc3cc3c2cc2c4c(cccc43)-c3ccccc3-2)cc1)(c1ccccc1-c1ccccc1)c1ccccc1-c1ccccc1. The van der Waals surface area contributed by atoms with E-state index in [1.807, 2.05) is 60.7 Å². The van der Waals surface area contributed by atoms with Crippen LogP contribution in [0.3, 0.4) is 0 Å². The van der Waals surface area contributed by atoms with Crippen molar-refractivity contribution in [1.82, 2.24) is 0 Å². The Bertz CT molecular complexity index is 3110. The summed E-state index contributed by atoms with van der Waals surface area (Å²) in [7, 11) is -3.47. The number of rotatable bonds is 6. The van der Waals surface area contributed by atoms with E-state index in [1.165, 1.54) is 60.1 Å². The molecule has 0 heterocycles. The lowest BCUT2D eigenvalue weighted by molar-refractivity contribution is 0.592. The summed E-state index contributed by atoms with van der Waals surface area (Å²) in [5, 5.41) is 9.95. The van der Waals surface area contributed by atoms with Crippen molar-refractivity contribution in [1.29, 1.82) is 0 Å². The molecule has 2 heteroatoms. The van der Waals surface area contributed by atoms with E-state index in [0.29, 0.717) is 0 Å². The van der Waals surface area contributed by atoms with Crippen molar-refractivity contribution in [3.05, 3.63) is 212 Å². The van der Waals surface area contributed by atoms with Crippen LogP contribution in [0.1, 0.15) is 0 Å². The summed E-state index contributed by atoms with van der Waals surface area (Å²) in [6.45, 7) is 0. The smallest absolute Gasteiger partial charge is 0.172 e. The molecule has 0 atom stereocenters. The number of fused-ring (bicyclic) bond motifs is 6. The van der Waals surface area contributed by atoms with Crippen LogP contribution in [0, 0.1) is 0 Å². The van der Waals surface area contributed by atoms with Crippen molar-refractivity contribution in [2.45, 2.75) is 0 Å². The molecule has 0 aliphatic heterocycles. The fourth-order valence-corrected chi connectivity index (χ4v) is 12.2. The van der Waals surface area contributed by atoms with Gasteiger partial charge in [-0.1, -0.05) is 200 Å². The highest BCUT2D eigenvalue weighted by Crippen LogP contribution is 2.52. The third-order valence-electron chi connectivity index (χ3n) is 11.7. The summed E-state index contributed by atoms with van der Waals surface area (Å²) in [6.07, 6.45) is 0. The third-order valence-corrected chi connectivity index (χ3v) is 14.8. The van der Waals surface area contributed by atoms with E-state index < -0.39 is 7.14 Å². The molecular weight excluding hydrogens is 696 g/mol. The molecule has 0 saturated carbocycles. The molecule has 10 aromatic carbocycles. The van der Waals surface area contributed by atoms with Crippen molar-refractivity contribution >= 4 is 55.4 Å². The van der Waals surface area contributed by atoms with Gasteiger partial charge >= 0.3 is 0 Å². The van der Waals surface area contributed by atoms with Gasteiger partial charge in [0.1, 0.15) is 0 Å². The third kappa shape index (κ3) is 4.92. The first kappa shape index (κ1) is 32.6. The Balaban J connectivity index is 1.17. The minimum absolute atomic E-state index is 0.806. The molecule has 1 aliphatic carbocycles. The zero-order valence-electron chi connectivity index (χ0n) is 30.6. The molecule has 0 saturated heterocycles. The van der Waals surface area contributed by atoms with Crippen LogP contribution in [0.25, 0.3) is 88.0 Å². The summed E-state index contributed by atoms with van der Waals surface area (Å²) in [5.74, 6) is 0. The average molecular weight is 731 g/mol. The molecule has 0 unspecified atom stereocenters. The van der Waals surface area contributed by atoms with Gasteiger partial charge in [-0.15, -0.1) is 0 Å². The lowest BCUT2D eigenvalue weighted by Crippen LogP contribution is -2.27. The molecule has 0 fully saturated rings. The van der Waals surface area contributed by atoms with Crippen LogP contribution in [-0.2, 0) is 4.57 Å². The van der Waals surface area contributed by atoms with Crippen LogP contribution in [0.15, 0.2) is 212 Å². The zero-order chi connectivity index (χ0) is 37.2. The summed E-state index contributed by atoms with van der Waals surface area (Å²) in [5.41, 5.74) is 11.5. The predicted octanol–water partition coefficient (Wildman–Crippen LogP) is 13.4. The van der Waals surface area contributed by atoms with Gasteiger partial charge in [-0.2, -0.15) is 0 Å². The van der Waals surface area contributed by atoms with E-state index in [9.17, 15) is 0 Å². The molecule has 1 aliphatic rings. The van der Waals surface area contributed by atoms with E-state index in [0.717, 1.165) is 43.7 Å². The Morgan fingerprint density at radius 1 is 0.304 bits per heavy atom. The van der Waals surface area contributed by atoms with Gasteiger partial charge in [0.15, 0.2) is 7.14 Å². The highest BCUT2D eigenvalue weighted by Gasteiger charge is 2.35. The van der Waals surface area contributed by atoms with Crippen molar-refractivity contribution in [2.24, 2.45) is 0 Å². The second kappa shape index (κ2) is 12.9. The highest BCUT2D eigenvalue weighted by atomic mass is 31.2. The van der Waals surface area contributed by atoms with Crippen molar-refractivity contribution < 1.29 is 4.57 Å². The standard InChI is InChI=1S/C54H35OP/c55-56(51-28-13-11-21-41(51)36-16-3-1-4-17-36,52-29-14-12-22-42(52)37-18-5-2-6-19-37)40-32-30-38(31-33-40)53-43-23-8-7-20-39(43)34-48-47-27-15-26-46-44-24-9-10-25-45(44)49(54(46)47)35-50(48)53/h1-35H. The van der Waals surface area contributed by atoms with Crippen LogP contribution in [0.4, 0.5) is 0 Å². The topological polar surface area (TPSA) is 17.1 Å². The predicted molar refractivity (Wildman–Crippen MR) is 239 cm³/mol. The molecule has 11 rings (SSSR count). The Morgan fingerprint density at radius 2 is 0.804 bits per heavy atom. The molecular formula is C54H35OP. The molecule has 262 valence electrons. The fourth-order valence-electron chi connectivity index (χ4n) is 9.19. The average Bonchev–Trinajstić information content (AvgIpc) is 3.60. The van der Waals surface area contributed by atoms with Crippen LogP contribution < -0.4 is 15.9 Å². The van der Waals surface area contributed by atoms with Crippen molar-refractivity contribution in [2.75, 3.05) is 0 Å². The van der Waals surface area contributed by atoms with Gasteiger partial charge in [-0.05, 0) is 100 Å². The van der Waals surface area contributed by atoms with Gasteiger partial charge < -0.3 is 4.57 Å². The van der Waals surface area contributed by atoms with Gasteiger partial charge in [-0.25, -0.2) is 0 Å². The van der Waals surface area contributed by atoms with Crippen LogP contribution in [-0.4, -0.2) is 0 Å². The number of benzene rings is 10. The lowest BCUT2D eigenvalue weighted by Gasteiger charge is -2.25. The molecule has 0 aromatic heterocycles. The maximum Gasteiger partial charge on any atom is 0.172 e. The molecule has 0 amide bonds. The van der Waals surface area contributed by atoms with Crippen LogP contribution in [0.2, 0.25) is 0 Å². The Hall–Kier alpha value is -6.79. The van der Waals surface area contributed by atoms with Gasteiger partial charge in [0.25, 0.3) is 0 Å². The van der Waals surface area contributed by atoms with Crippen LogP contribution in [0.5, 0.6) is 0 Å². The number of hydrogen-bond donors (Lipinski definition) is 0. The second-order valence-corrected chi connectivity index (χ2v) is 17.4. The molecule has 0 radical (unpaired) electrons. The van der Waals surface area contributed by atoms with Crippen molar-refractivity contribution in [3.63, 3.8) is 0 Å². The minimum Gasteiger partial charge on any atom is -0.309 e. The summed E-state index contributed by atoms with van der Waals surface area (Å²) in [4.78, 5) is 0. The van der Waals surface area contributed by atoms with Crippen LogP contribution >= 0.6 is 7.14 Å². The monoisotopic (exact) mass is 730 g/mol. The summed E-state index contributed by atoms with van der Waals surface area (Å²) in [6, 6.07) is 74.8. The molecule has 0 bridgehead atoms. The van der Waals surface area contributed by atoms with E-state index in [4.69, 9.17) is 0 Å². The zero-order valence-corrected chi connectivity index (χ0v) is 31.5. The summed E-state index contributed by atoms with van der Waals surface area (Å²) >= 11 is 0. The van der Waals surface area contributed by atoms with E-state index in [2.05, 4.69) is 152 Å². The maximum absolute atomic E-state index is 16.6. The van der Waals surface area contributed by atoms with Crippen molar-refractivity contribution in [3.8, 4) is 55.6 Å². The first-order chi connectivity index (χ1) is 27.7. The molecule has 0 spiro atoms. The Morgan fingerprint density at radius 3 is 1.45 bits per heavy atom. The van der Waals surface area contributed by atoms with E-state index in [1.54, 1.807) is 0 Å². The van der Waals surface area contributed by atoms with Gasteiger partial charge in [0.05, 0.1) is 0 Å². The molecule has 56 heavy (non-hydrogen) atoms. The van der Waals surface area contributed by atoms with Gasteiger partial charge in [-0.3, -0.25) is 0 Å². The second-order valence-electron chi connectivity index (χ2n) is 14.7.